The number of benzene rings is 2. The molecule has 0 fully saturated rings. The Morgan fingerprint density at radius 1 is 1.11 bits per heavy atom. The number of thiocarbonyl (C=S) groups is 1. The van der Waals surface area contributed by atoms with Crippen molar-refractivity contribution < 1.29 is 18.9 Å². The van der Waals surface area contributed by atoms with Crippen molar-refractivity contribution >= 4 is 17.3 Å². The molecule has 0 saturated heterocycles. The molecule has 0 bridgehead atoms. The molecule has 0 aromatic heterocycles. The molecule has 0 radical (unpaired) electrons. The fraction of sp³-hybridized carbons (Fsp3) is 0.350. The van der Waals surface area contributed by atoms with Gasteiger partial charge < -0.3 is 29.2 Å². The van der Waals surface area contributed by atoms with Gasteiger partial charge in [-0.1, -0.05) is 12.1 Å². The van der Waals surface area contributed by atoms with E-state index in [4.69, 9.17) is 31.2 Å². The van der Waals surface area contributed by atoms with Gasteiger partial charge in [-0.3, -0.25) is 0 Å². The topological polar surface area (TPSA) is 52.2 Å². The van der Waals surface area contributed by atoms with E-state index >= 15 is 0 Å². The van der Waals surface area contributed by atoms with Crippen LogP contribution in [-0.2, 0) is 13.1 Å². The molecular weight excluding hydrogens is 364 g/mol. The molecule has 144 valence electrons. The highest BCUT2D eigenvalue weighted by atomic mass is 32.1. The fourth-order valence-electron chi connectivity index (χ4n) is 2.79. The van der Waals surface area contributed by atoms with E-state index < -0.39 is 0 Å². The second-order valence-corrected chi connectivity index (χ2v) is 6.51. The summed E-state index contributed by atoms with van der Waals surface area (Å²) in [6.45, 7) is 4.11. The Kier molecular flexibility index (Phi) is 6.24. The summed E-state index contributed by atoms with van der Waals surface area (Å²) in [4.78, 5) is 1.98. The van der Waals surface area contributed by atoms with E-state index in [1.807, 2.05) is 55.3 Å². The monoisotopic (exact) mass is 388 g/mol. The molecule has 1 heterocycles. The smallest absolute Gasteiger partial charge is 0.231 e. The zero-order chi connectivity index (χ0) is 19.2. The summed E-state index contributed by atoms with van der Waals surface area (Å²) in [5.74, 6) is 3.02. The first-order chi connectivity index (χ1) is 13.1. The Labute approximate surface area is 165 Å². The van der Waals surface area contributed by atoms with Crippen molar-refractivity contribution in [3.63, 3.8) is 0 Å². The number of hydrogen-bond donors (Lipinski definition) is 1. The van der Waals surface area contributed by atoms with E-state index in [1.54, 1.807) is 7.11 Å². The van der Waals surface area contributed by atoms with Crippen LogP contribution in [0.15, 0.2) is 36.4 Å². The standard InChI is InChI=1S/C20H24N2O4S/c1-4-24-16-8-6-15(10-18(16)23-3)12-22(2)20(27)21-11-14-5-7-17-19(9-14)26-13-25-17/h5-10H,4,11-13H2,1-3H3,(H,21,27). The second-order valence-electron chi connectivity index (χ2n) is 6.12. The van der Waals surface area contributed by atoms with Gasteiger partial charge in [0.25, 0.3) is 0 Å². The number of ether oxygens (including phenoxy) is 4. The molecule has 1 aliphatic heterocycles. The third-order valence-electron chi connectivity index (χ3n) is 4.18. The molecule has 27 heavy (non-hydrogen) atoms. The number of nitrogens with one attached hydrogen (secondary N) is 1. The maximum atomic E-state index is 5.56. The maximum Gasteiger partial charge on any atom is 0.231 e. The van der Waals surface area contributed by atoms with Crippen LogP contribution in [0.1, 0.15) is 18.1 Å². The van der Waals surface area contributed by atoms with Crippen LogP contribution in [-0.4, -0.2) is 37.6 Å². The summed E-state index contributed by atoms with van der Waals surface area (Å²) in [5, 5.41) is 3.94. The summed E-state index contributed by atoms with van der Waals surface area (Å²) >= 11 is 5.51. The quantitative estimate of drug-likeness (QED) is 0.730. The van der Waals surface area contributed by atoms with E-state index in [2.05, 4.69) is 5.32 Å². The van der Waals surface area contributed by atoms with Crippen molar-refractivity contribution in [2.24, 2.45) is 0 Å². The lowest BCUT2D eigenvalue weighted by Crippen LogP contribution is -2.36. The van der Waals surface area contributed by atoms with Crippen molar-refractivity contribution in [2.45, 2.75) is 20.0 Å². The fourth-order valence-corrected chi connectivity index (χ4v) is 2.93. The lowest BCUT2D eigenvalue weighted by Gasteiger charge is -2.22. The van der Waals surface area contributed by atoms with Gasteiger partial charge in [-0.15, -0.1) is 0 Å². The first kappa shape index (κ1) is 19.1. The third-order valence-corrected chi connectivity index (χ3v) is 4.63. The predicted octanol–water partition coefficient (Wildman–Crippen LogP) is 3.33. The van der Waals surface area contributed by atoms with E-state index in [9.17, 15) is 0 Å². The highest BCUT2D eigenvalue weighted by molar-refractivity contribution is 7.80. The Morgan fingerprint density at radius 3 is 2.67 bits per heavy atom. The van der Waals surface area contributed by atoms with Crippen molar-refractivity contribution in [1.82, 2.24) is 10.2 Å². The van der Waals surface area contributed by atoms with Gasteiger partial charge in [0.15, 0.2) is 28.1 Å². The molecule has 0 aliphatic carbocycles. The first-order valence-electron chi connectivity index (χ1n) is 8.78. The number of fused-ring (bicyclic) bond motifs is 1. The molecule has 6 nitrogen and oxygen atoms in total. The molecule has 0 saturated carbocycles. The highest BCUT2D eigenvalue weighted by Crippen LogP contribution is 2.32. The van der Waals surface area contributed by atoms with Crippen molar-refractivity contribution in [2.75, 3.05) is 27.6 Å². The zero-order valence-corrected chi connectivity index (χ0v) is 16.6. The molecule has 2 aromatic carbocycles. The lowest BCUT2D eigenvalue weighted by atomic mass is 10.2. The van der Waals surface area contributed by atoms with Crippen LogP contribution >= 0.6 is 12.2 Å². The zero-order valence-electron chi connectivity index (χ0n) is 15.8. The number of methoxy groups -OCH3 is 1. The van der Waals surface area contributed by atoms with Crippen LogP contribution in [0.2, 0.25) is 0 Å². The van der Waals surface area contributed by atoms with E-state index in [0.29, 0.717) is 24.8 Å². The number of nitrogens with zero attached hydrogens (tertiary/aromatic N) is 1. The maximum absolute atomic E-state index is 5.56. The van der Waals surface area contributed by atoms with Crippen LogP contribution < -0.4 is 24.3 Å². The molecular formula is C20H24N2O4S. The minimum absolute atomic E-state index is 0.277. The molecule has 1 N–H and O–H groups in total. The summed E-state index contributed by atoms with van der Waals surface area (Å²) < 4.78 is 21.7. The van der Waals surface area contributed by atoms with E-state index in [1.165, 1.54) is 0 Å². The summed E-state index contributed by atoms with van der Waals surface area (Å²) in [7, 11) is 3.60. The highest BCUT2D eigenvalue weighted by Gasteiger charge is 2.14. The van der Waals surface area contributed by atoms with E-state index in [0.717, 1.165) is 34.1 Å². The molecule has 0 spiro atoms. The van der Waals surface area contributed by atoms with Gasteiger partial charge >= 0.3 is 0 Å². The predicted molar refractivity (Wildman–Crippen MR) is 108 cm³/mol. The van der Waals surface area contributed by atoms with Gasteiger partial charge in [-0.25, -0.2) is 0 Å². The minimum atomic E-state index is 0.277. The Morgan fingerprint density at radius 2 is 1.89 bits per heavy atom. The van der Waals surface area contributed by atoms with Crippen LogP contribution in [0.5, 0.6) is 23.0 Å². The second kappa shape index (κ2) is 8.81. The Balaban J connectivity index is 1.56. The average molecular weight is 388 g/mol. The summed E-state index contributed by atoms with van der Waals surface area (Å²) in [5.41, 5.74) is 2.17. The minimum Gasteiger partial charge on any atom is -0.493 e. The Hall–Kier alpha value is -2.67. The van der Waals surface area contributed by atoms with Gasteiger partial charge in [-0.05, 0) is 54.5 Å². The molecule has 3 rings (SSSR count). The van der Waals surface area contributed by atoms with Gasteiger partial charge in [-0.2, -0.15) is 0 Å². The van der Waals surface area contributed by atoms with Gasteiger partial charge in [0.05, 0.1) is 13.7 Å². The summed E-state index contributed by atoms with van der Waals surface area (Å²) in [6.07, 6.45) is 0. The lowest BCUT2D eigenvalue weighted by molar-refractivity contribution is 0.174. The third kappa shape index (κ3) is 4.74. The van der Waals surface area contributed by atoms with Gasteiger partial charge in [0, 0.05) is 20.1 Å². The Bertz CT molecular complexity index is 813. The first-order valence-corrected chi connectivity index (χ1v) is 9.18. The number of hydrogen-bond acceptors (Lipinski definition) is 5. The van der Waals surface area contributed by atoms with Crippen LogP contribution in [0.25, 0.3) is 0 Å². The molecule has 0 atom stereocenters. The molecule has 2 aromatic rings. The molecule has 7 heteroatoms. The summed E-state index contributed by atoms with van der Waals surface area (Å²) in [6, 6.07) is 11.8. The van der Waals surface area contributed by atoms with Crippen molar-refractivity contribution in [1.29, 1.82) is 0 Å². The van der Waals surface area contributed by atoms with Crippen molar-refractivity contribution in [3.8, 4) is 23.0 Å². The van der Waals surface area contributed by atoms with Gasteiger partial charge in [0.2, 0.25) is 6.79 Å². The van der Waals surface area contributed by atoms with E-state index in [-0.39, 0.29) is 6.79 Å². The molecule has 0 amide bonds. The average Bonchev–Trinajstić information content (AvgIpc) is 3.15. The van der Waals surface area contributed by atoms with Crippen molar-refractivity contribution in [3.05, 3.63) is 47.5 Å². The van der Waals surface area contributed by atoms with Crippen LogP contribution in [0.3, 0.4) is 0 Å². The largest absolute Gasteiger partial charge is 0.493 e. The number of rotatable bonds is 7. The molecule has 1 aliphatic rings. The molecule has 0 unspecified atom stereocenters. The van der Waals surface area contributed by atoms with Crippen LogP contribution in [0, 0.1) is 0 Å². The SMILES string of the molecule is CCOc1ccc(CN(C)C(=S)NCc2ccc3c(c2)OCO3)cc1OC. The normalized spacial score (nSPS) is 11.8. The van der Waals surface area contributed by atoms with Gasteiger partial charge in [0.1, 0.15) is 0 Å². The van der Waals surface area contributed by atoms with Crippen LogP contribution in [0.4, 0.5) is 0 Å².